The van der Waals surface area contributed by atoms with E-state index in [9.17, 15) is 4.79 Å². The van der Waals surface area contributed by atoms with Crippen molar-refractivity contribution < 1.29 is 9.18 Å². The molecule has 11 heteroatoms. The van der Waals surface area contributed by atoms with Crippen molar-refractivity contribution in [2.24, 2.45) is 5.73 Å². The third-order valence-corrected chi connectivity index (χ3v) is 8.14. The number of anilines is 2. The molecule has 39 heavy (non-hydrogen) atoms. The molecule has 4 aromatic rings. The molecule has 0 saturated carbocycles. The van der Waals surface area contributed by atoms with Crippen LogP contribution in [0.2, 0.25) is 5.02 Å². The van der Waals surface area contributed by atoms with Gasteiger partial charge in [0.15, 0.2) is 5.82 Å². The number of nitrogens with zero attached hydrogens (tertiary/aromatic N) is 6. The summed E-state index contributed by atoms with van der Waals surface area (Å²) in [7, 11) is 0. The van der Waals surface area contributed by atoms with Gasteiger partial charge in [-0.2, -0.15) is 10.1 Å². The van der Waals surface area contributed by atoms with Crippen LogP contribution in [0, 0.1) is 12.7 Å². The fraction of sp³-hybridized carbons (Fsp3) is 0.357. The standard InChI is InChI=1S/C28H30ClFN8O/c1-5-22(39)37-10-16(4)38(11-15(37)3)27-18-8-20(29)24(23-14(2)6-7-21-19(23)9-32-35-21)25(30)26(18)33-28(34-27)36-12-17(31)13-36/h5-9,15-17H,1,10-13,31H2,2-4H3,(H,32,35)/t15-,16+/m1/s1. The lowest BCUT2D eigenvalue weighted by Gasteiger charge is -2.45. The number of fused-ring (bicyclic) bond motifs is 2. The number of nitrogens with one attached hydrogen (secondary N) is 1. The van der Waals surface area contributed by atoms with Crippen molar-refractivity contribution in [3.05, 3.63) is 53.5 Å². The first-order valence-electron chi connectivity index (χ1n) is 13.0. The van der Waals surface area contributed by atoms with E-state index in [1.54, 1.807) is 17.2 Å². The maximum Gasteiger partial charge on any atom is 0.246 e. The van der Waals surface area contributed by atoms with Crippen LogP contribution in [0.5, 0.6) is 0 Å². The van der Waals surface area contributed by atoms with Gasteiger partial charge in [0.25, 0.3) is 0 Å². The predicted molar refractivity (Wildman–Crippen MR) is 153 cm³/mol. The Hall–Kier alpha value is -3.76. The van der Waals surface area contributed by atoms with E-state index in [2.05, 4.69) is 21.7 Å². The van der Waals surface area contributed by atoms with E-state index in [4.69, 9.17) is 27.3 Å². The van der Waals surface area contributed by atoms with Gasteiger partial charge in [0, 0.05) is 66.2 Å². The largest absolute Gasteiger partial charge is 0.349 e. The first-order valence-corrected chi connectivity index (χ1v) is 13.4. The molecule has 0 radical (unpaired) electrons. The van der Waals surface area contributed by atoms with Gasteiger partial charge in [-0.1, -0.05) is 24.2 Å². The number of amides is 1. The second-order valence-electron chi connectivity index (χ2n) is 10.6. The molecule has 6 rings (SSSR count). The van der Waals surface area contributed by atoms with Crippen LogP contribution in [-0.4, -0.2) is 75.3 Å². The molecule has 1 amide bonds. The lowest BCUT2D eigenvalue weighted by molar-refractivity contribution is -0.128. The van der Waals surface area contributed by atoms with Crippen LogP contribution in [0.1, 0.15) is 19.4 Å². The molecule has 4 heterocycles. The Morgan fingerprint density at radius 3 is 2.64 bits per heavy atom. The molecule has 3 N–H and O–H groups in total. The van der Waals surface area contributed by atoms with Crippen LogP contribution < -0.4 is 15.5 Å². The Morgan fingerprint density at radius 1 is 1.15 bits per heavy atom. The van der Waals surface area contributed by atoms with Crippen LogP contribution >= 0.6 is 11.6 Å². The van der Waals surface area contributed by atoms with Crippen LogP contribution in [-0.2, 0) is 4.79 Å². The summed E-state index contributed by atoms with van der Waals surface area (Å²) in [6.07, 6.45) is 3.02. The van der Waals surface area contributed by atoms with Crippen molar-refractivity contribution in [1.82, 2.24) is 25.1 Å². The summed E-state index contributed by atoms with van der Waals surface area (Å²) in [5, 5.41) is 8.68. The van der Waals surface area contributed by atoms with Crippen LogP contribution in [0.15, 0.2) is 37.1 Å². The van der Waals surface area contributed by atoms with E-state index in [-0.39, 0.29) is 40.1 Å². The lowest BCUT2D eigenvalue weighted by Crippen LogP contribution is -2.58. The Labute approximate surface area is 230 Å². The van der Waals surface area contributed by atoms with Gasteiger partial charge in [-0.25, -0.2) is 9.37 Å². The first kappa shape index (κ1) is 25.5. The number of halogens is 2. The molecule has 2 fully saturated rings. The highest BCUT2D eigenvalue weighted by molar-refractivity contribution is 6.35. The predicted octanol–water partition coefficient (Wildman–Crippen LogP) is 4.03. The molecule has 202 valence electrons. The first-order chi connectivity index (χ1) is 18.7. The summed E-state index contributed by atoms with van der Waals surface area (Å²) in [6.45, 7) is 11.8. The van der Waals surface area contributed by atoms with Gasteiger partial charge in [0.05, 0.1) is 16.7 Å². The van der Waals surface area contributed by atoms with Gasteiger partial charge < -0.3 is 20.4 Å². The SMILES string of the molecule is C=CC(=O)N1C[C@H](C)N(c2nc(N3CC(N)C3)nc3c(F)c(-c4c(C)ccc5[nH]ncc45)c(Cl)cc23)C[C@H]1C. The molecule has 2 aliphatic heterocycles. The maximum absolute atomic E-state index is 16.7. The summed E-state index contributed by atoms with van der Waals surface area (Å²) in [4.78, 5) is 27.9. The van der Waals surface area contributed by atoms with E-state index >= 15 is 4.39 Å². The van der Waals surface area contributed by atoms with E-state index in [1.165, 1.54) is 6.08 Å². The molecule has 2 aromatic heterocycles. The Balaban J connectivity index is 1.56. The second-order valence-corrected chi connectivity index (χ2v) is 11.0. The zero-order chi connectivity index (χ0) is 27.6. The molecule has 0 unspecified atom stereocenters. The Bertz CT molecular complexity index is 1630. The van der Waals surface area contributed by atoms with Gasteiger partial charge in [-0.3, -0.25) is 9.89 Å². The van der Waals surface area contributed by atoms with Crippen molar-refractivity contribution in [2.75, 3.05) is 36.0 Å². The molecule has 0 bridgehead atoms. The zero-order valence-electron chi connectivity index (χ0n) is 22.1. The van der Waals surface area contributed by atoms with Crippen molar-refractivity contribution in [3.63, 3.8) is 0 Å². The highest BCUT2D eigenvalue weighted by atomic mass is 35.5. The molecular weight excluding hydrogens is 519 g/mol. The van der Waals surface area contributed by atoms with Crippen molar-refractivity contribution in [2.45, 2.75) is 38.9 Å². The number of benzene rings is 2. The molecule has 2 aliphatic rings. The molecule has 2 saturated heterocycles. The minimum atomic E-state index is -0.509. The maximum atomic E-state index is 16.7. The fourth-order valence-electron chi connectivity index (χ4n) is 5.74. The quantitative estimate of drug-likeness (QED) is 0.371. The molecule has 9 nitrogen and oxygen atoms in total. The molecule has 0 aliphatic carbocycles. The number of H-pyrrole nitrogens is 1. The minimum Gasteiger partial charge on any atom is -0.349 e. The third kappa shape index (κ3) is 4.09. The fourth-order valence-corrected chi connectivity index (χ4v) is 6.02. The highest BCUT2D eigenvalue weighted by Crippen LogP contribution is 2.43. The number of carbonyl (C=O) groups is 1. The number of piperazine rings is 1. The average molecular weight is 549 g/mol. The molecule has 2 aromatic carbocycles. The second kappa shape index (κ2) is 9.46. The topological polar surface area (TPSA) is 107 Å². The minimum absolute atomic E-state index is 0.0205. The number of nitrogens with two attached hydrogens (primary N) is 1. The lowest BCUT2D eigenvalue weighted by atomic mass is 9.95. The third-order valence-electron chi connectivity index (χ3n) is 7.84. The summed E-state index contributed by atoms with van der Waals surface area (Å²) >= 11 is 6.87. The van der Waals surface area contributed by atoms with Crippen LogP contribution in [0.3, 0.4) is 0 Å². The summed E-state index contributed by atoms with van der Waals surface area (Å²) < 4.78 is 16.7. The number of carbonyl (C=O) groups excluding carboxylic acids is 1. The van der Waals surface area contributed by atoms with Crippen LogP contribution in [0.25, 0.3) is 32.9 Å². The Morgan fingerprint density at radius 2 is 1.92 bits per heavy atom. The van der Waals surface area contributed by atoms with Crippen molar-refractivity contribution in [1.29, 1.82) is 0 Å². The average Bonchev–Trinajstić information content (AvgIpc) is 3.37. The molecule has 2 atom stereocenters. The molecular formula is C28H30ClFN8O. The van der Waals surface area contributed by atoms with E-state index in [0.29, 0.717) is 48.9 Å². The smallest absolute Gasteiger partial charge is 0.246 e. The number of rotatable bonds is 4. The van der Waals surface area contributed by atoms with E-state index in [0.717, 1.165) is 16.5 Å². The monoisotopic (exact) mass is 548 g/mol. The van der Waals surface area contributed by atoms with Gasteiger partial charge in [-0.05, 0) is 44.5 Å². The van der Waals surface area contributed by atoms with Gasteiger partial charge in [-0.15, -0.1) is 0 Å². The van der Waals surface area contributed by atoms with Gasteiger partial charge in [0.2, 0.25) is 11.9 Å². The number of aromatic nitrogens is 4. The summed E-state index contributed by atoms with van der Waals surface area (Å²) in [5.74, 6) is 0.393. The van der Waals surface area contributed by atoms with Crippen LogP contribution in [0.4, 0.5) is 16.2 Å². The van der Waals surface area contributed by atoms with E-state index in [1.807, 2.05) is 37.8 Å². The van der Waals surface area contributed by atoms with Crippen molar-refractivity contribution in [3.8, 4) is 11.1 Å². The Kier molecular flexibility index (Phi) is 6.19. The normalized spacial score (nSPS) is 20.1. The summed E-state index contributed by atoms with van der Waals surface area (Å²) in [5.41, 5.74) is 8.87. The number of hydrogen-bond donors (Lipinski definition) is 2. The van der Waals surface area contributed by atoms with Gasteiger partial charge in [0.1, 0.15) is 11.3 Å². The number of aryl methyl sites for hydroxylation is 1. The summed E-state index contributed by atoms with van der Waals surface area (Å²) in [6, 6.07) is 5.43. The number of hydrogen-bond acceptors (Lipinski definition) is 7. The van der Waals surface area contributed by atoms with Crippen molar-refractivity contribution >= 4 is 51.1 Å². The van der Waals surface area contributed by atoms with Gasteiger partial charge >= 0.3 is 0 Å². The number of aromatic amines is 1. The van der Waals surface area contributed by atoms with E-state index < -0.39 is 5.82 Å². The highest BCUT2D eigenvalue weighted by Gasteiger charge is 2.35. The molecule has 0 spiro atoms. The zero-order valence-corrected chi connectivity index (χ0v) is 22.8.